The maximum absolute atomic E-state index is 10.8. The van der Waals surface area contributed by atoms with Gasteiger partial charge in [-0.15, -0.1) is 0 Å². The molecule has 0 amide bonds. The van der Waals surface area contributed by atoms with Gasteiger partial charge in [0.05, 0.1) is 7.11 Å². The van der Waals surface area contributed by atoms with E-state index in [0.29, 0.717) is 0 Å². The second-order valence-electron chi connectivity index (χ2n) is 1.86. The van der Waals surface area contributed by atoms with E-state index >= 15 is 0 Å². The number of allylic oxidation sites excluding steroid dienone is 1. The van der Waals surface area contributed by atoms with Crippen LogP contribution in [0.25, 0.3) is 0 Å². The lowest BCUT2D eigenvalue weighted by atomic mass is 10.7. The zero-order chi connectivity index (χ0) is 9.14. The Bertz CT molecular complexity index is 243. The van der Waals surface area contributed by atoms with Gasteiger partial charge in [0.15, 0.2) is 4.58 Å². The SMILES string of the molecule is COC(=O)C1SC(=CC(=O)Cl)S1. The van der Waals surface area contributed by atoms with Gasteiger partial charge < -0.3 is 4.74 Å². The Morgan fingerprint density at radius 2 is 2.17 bits per heavy atom. The fraction of sp³-hybridized carbons (Fsp3) is 0.333. The summed E-state index contributed by atoms with van der Waals surface area (Å²) in [5.41, 5.74) is 0. The number of esters is 1. The molecule has 0 aromatic rings. The monoisotopic (exact) mass is 224 g/mol. The van der Waals surface area contributed by atoms with Crippen molar-refractivity contribution in [3.05, 3.63) is 10.3 Å². The zero-order valence-corrected chi connectivity index (χ0v) is 8.46. The molecular formula is C6H5ClO3S2. The number of hydrogen-bond acceptors (Lipinski definition) is 5. The number of ether oxygens (including phenoxy) is 1. The van der Waals surface area contributed by atoms with E-state index in [1.807, 2.05) is 0 Å². The van der Waals surface area contributed by atoms with Crippen LogP contribution in [0.1, 0.15) is 0 Å². The molecule has 0 atom stereocenters. The minimum absolute atomic E-state index is 0.239. The number of rotatable bonds is 2. The summed E-state index contributed by atoms with van der Waals surface area (Å²) in [5.74, 6) is -0.288. The normalized spacial score (nSPS) is 21.2. The largest absolute Gasteiger partial charge is 0.468 e. The number of methoxy groups -OCH3 is 1. The van der Waals surface area contributed by atoms with E-state index in [0.717, 1.165) is 4.24 Å². The van der Waals surface area contributed by atoms with Crippen molar-refractivity contribution >= 4 is 46.3 Å². The van der Waals surface area contributed by atoms with E-state index in [9.17, 15) is 9.59 Å². The highest BCUT2D eigenvalue weighted by Gasteiger charge is 2.33. The Kier molecular flexibility index (Phi) is 3.49. The van der Waals surface area contributed by atoms with Crippen LogP contribution in [-0.4, -0.2) is 22.9 Å². The Hall–Kier alpha value is -0.130. The van der Waals surface area contributed by atoms with Crippen LogP contribution in [0, 0.1) is 0 Å². The van der Waals surface area contributed by atoms with Gasteiger partial charge in [0, 0.05) is 10.3 Å². The van der Waals surface area contributed by atoms with E-state index in [1.54, 1.807) is 0 Å². The van der Waals surface area contributed by atoms with Crippen molar-refractivity contribution in [2.24, 2.45) is 0 Å². The predicted molar refractivity (Wildman–Crippen MR) is 49.9 cm³/mol. The fourth-order valence-corrected chi connectivity index (χ4v) is 2.90. The van der Waals surface area contributed by atoms with Gasteiger partial charge in [0.25, 0.3) is 0 Å². The molecular weight excluding hydrogens is 220 g/mol. The molecule has 1 fully saturated rings. The van der Waals surface area contributed by atoms with Gasteiger partial charge in [0.2, 0.25) is 5.24 Å². The molecule has 3 nitrogen and oxygen atoms in total. The molecule has 1 heterocycles. The van der Waals surface area contributed by atoms with Crippen molar-refractivity contribution in [1.29, 1.82) is 0 Å². The Morgan fingerprint density at radius 3 is 2.58 bits per heavy atom. The minimum atomic E-state index is -0.520. The third-order valence-electron chi connectivity index (χ3n) is 1.07. The van der Waals surface area contributed by atoms with E-state index in [2.05, 4.69) is 4.74 Å². The first-order valence-electron chi connectivity index (χ1n) is 2.96. The van der Waals surface area contributed by atoms with Crippen molar-refractivity contribution < 1.29 is 14.3 Å². The third-order valence-corrected chi connectivity index (χ3v) is 3.85. The van der Waals surface area contributed by atoms with Crippen molar-refractivity contribution in [3.63, 3.8) is 0 Å². The molecule has 1 aliphatic heterocycles. The van der Waals surface area contributed by atoms with Gasteiger partial charge in [-0.25, -0.2) is 4.79 Å². The molecule has 0 aliphatic carbocycles. The first-order valence-corrected chi connectivity index (χ1v) is 5.09. The van der Waals surface area contributed by atoms with Gasteiger partial charge >= 0.3 is 5.97 Å². The Balaban J connectivity index is 2.38. The minimum Gasteiger partial charge on any atom is -0.468 e. The maximum atomic E-state index is 10.8. The summed E-state index contributed by atoms with van der Waals surface area (Å²) < 4.78 is 5.00. The first-order chi connectivity index (χ1) is 5.63. The van der Waals surface area contributed by atoms with Crippen LogP contribution < -0.4 is 0 Å². The molecule has 0 N–H and O–H groups in total. The highest BCUT2D eigenvalue weighted by Crippen LogP contribution is 2.51. The van der Waals surface area contributed by atoms with E-state index < -0.39 is 5.24 Å². The lowest BCUT2D eigenvalue weighted by Crippen LogP contribution is -2.20. The van der Waals surface area contributed by atoms with E-state index in [4.69, 9.17) is 11.6 Å². The van der Waals surface area contributed by atoms with Crippen LogP contribution in [0.15, 0.2) is 10.3 Å². The van der Waals surface area contributed by atoms with Crippen molar-refractivity contribution in [1.82, 2.24) is 0 Å². The van der Waals surface area contributed by atoms with Crippen LogP contribution in [0.3, 0.4) is 0 Å². The number of thioether (sulfide) groups is 2. The molecule has 66 valence electrons. The van der Waals surface area contributed by atoms with Crippen molar-refractivity contribution in [2.75, 3.05) is 7.11 Å². The second-order valence-corrected chi connectivity index (χ2v) is 5.08. The standard InChI is InChI=1S/C6H5ClO3S2/c1-10-5(9)6-11-4(12-6)2-3(7)8/h2,6H,1H3. The van der Waals surface area contributed by atoms with Crippen LogP contribution >= 0.6 is 35.1 Å². The summed E-state index contributed by atoms with van der Waals surface area (Å²) in [7, 11) is 1.33. The topological polar surface area (TPSA) is 43.4 Å². The van der Waals surface area contributed by atoms with Crippen molar-refractivity contribution in [3.8, 4) is 0 Å². The van der Waals surface area contributed by atoms with Gasteiger partial charge in [-0.2, -0.15) is 0 Å². The number of halogens is 1. The van der Waals surface area contributed by atoms with Crippen LogP contribution in [-0.2, 0) is 14.3 Å². The molecule has 0 aromatic heterocycles. The highest BCUT2D eigenvalue weighted by atomic mass is 35.5. The predicted octanol–water partition coefficient (Wildman–Crippen LogP) is 1.57. The molecule has 0 unspecified atom stereocenters. The molecule has 0 saturated carbocycles. The van der Waals surface area contributed by atoms with Gasteiger partial charge in [-0.05, 0) is 11.6 Å². The first kappa shape index (κ1) is 9.95. The molecule has 12 heavy (non-hydrogen) atoms. The van der Waals surface area contributed by atoms with Gasteiger partial charge in [0.1, 0.15) is 0 Å². The number of carbonyl (C=O) groups is 2. The van der Waals surface area contributed by atoms with Crippen LogP contribution in [0.4, 0.5) is 0 Å². The molecule has 1 rings (SSSR count). The third kappa shape index (κ3) is 2.43. The molecule has 6 heteroatoms. The smallest absolute Gasteiger partial charge is 0.329 e. The van der Waals surface area contributed by atoms with Crippen molar-refractivity contribution in [2.45, 2.75) is 4.58 Å². The quantitative estimate of drug-likeness (QED) is 0.405. The summed E-state index contributed by atoms with van der Waals surface area (Å²) in [6.07, 6.45) is 1.29. The maximum Gasteiger partial charge on any atom is 0.329 e. The molecule has 0 spiro atoms. The van der Waals surface area contributed by atoms with Crippen LogP contribution in [0.2, 0.25) is 0 Å². The molecule has 1 saturated heterocycles. The molecule has 1 aliphatic rings. The summed E-state index contributed by atoms with van der Waals surface area (Å²) in [6.45, 7) is 0. The summed E-state index contributed by atoms with van der Waals surface area (Å²) in [6, 6.07) is 0. The van der Waals surface area contributed by atoms with Crippen LogP contribution in [0.5, 0.6) is 0 Å². The summed E-state index contributed by atoms with van der Waals surface area (Å²) in [4.78, 5) is 21.2. The Labute approximate surface area is 82.9 Å². The fourth-order valence-electron chi connectivity index (χ4n) is 0.573. The van der Waals surface area contributed by atoms with E-state index in [-0.39, 0.29) is 10.6 Å². The zero-order valence-electron chi connectivity index (χ0n) is 6.07. The highest BCUT2D eigenvalue weighted by molar-refractivity contribution is 8.39. The summed E-state index contributed by atoms with van der Waals surface area (Å²) >= 11 is 7.65. The number of carbonyl (C=O) groups excluding carboxylic acids is 2. The summed E-state index contributed by atoms with van der Waals surface area (Å²) in [5, 5.41) is -0.520. The molecule has 0 radical (unpaired) electrons. The average Bonchev–Trinajstić information content (AvgIpc) is 1.94. The molecule has 0 aromatic carbocycles. The molecule has 0 bridgehead atoms. The van der Waals surface area contributed by atoms with E-state index in [1.165, 1.54) is 36.7 Å². The lowest BCUT2D eigenvalue weighted by molar-refractivity contribution is -0.138. The number of hydrogen-bond donors (Lipinski definition) is 0. The van der Waals surface area contributed by atoms with Gasteiger partial charge in [-0.1, -0.05) is 23.5 Å². The second kappa shape index (κ2) is 4.20. The average molecular weight is 225 g/mol. The van der Waals surface area contributed by atoms with Gasteiger partial charge in [-0.3, -0.25) is 4.79 Å². The lowest BCUT2D eigenvalue weighted by Gasteiger charge is -2.24. The Morgan fingerprint density at radius 1 is 1.58 bits per heavy atom.